The molecule has 2 unspecified atom stereocenters. The molecule has 0 aliphatic carbocycles. The lowest BCUT2D eigenvalue weighted by atomic mass is 9.84. The number of phenolic OH excluding ortho intramolecular Hbond substituents is 1. The van der Waals surface area contributed by atoms with Crippen LogP contribution in [0.15, 0.2) is 77.8 Å². The van der Waals surface area contributed by atoms with Gasteiger partial charge in [0.1, 0.15) is 23.3 Å². The molecule has 0 radical (unpaired) electrons. The molecule has 12 nitrogen and oxygen atoms in total. The predicted octanol–water partition coefficient (Wildman–Crippen LogP) is 7.90. The second-order valence-corrected chi connectivity index (χ2v) is 16.2. The van der Waals surface area contributed by atoms with Crippen LogP contribution in [0.4, 0.5) is 0 Å². The van der Waals surface area contributed by atoms with Gasteiger partial charge in [-0.05, 0) is 122 Å². The zero-order valence-corrected chi connectivity index (χ0v) is 35.3. The van der Waals surface area contributed by atoms with Gasteiger partial charge in [-0.15, -0.1) is 0 Å². The number of rotatable bonds is 18. The Bertz CT molecular complexity index is 2220. The van der Waals surface area contributed by atoms with Gasteiger partial charge in [0.25, 0.3) is 12.4 Å². The number of carbonyl (C=O) groups is 2. The van der Waals surface area contributed by atoms with Crippen LogP contribution in [-0.2, 0) is 38.4 Å². The number of pyridine rings is 1. The molecule has 3 N–H and O–H groups in total. The number of aryl methyl sites for hydroxylation is 1. The summed E-state index contributed by atoms with van der Waals surface area (Å²) >= 11 is 1.32. The van der Waals surface area contributed by atoms with Gasteiger partial charge in [-0.2, -0.15) is 0 Å². The molecule has 0 bridgehead atoms. The summed E-state index contributed by atoms with van der Waals surface area (Å²) in [5.74, 6) is 1.32. The van der Waals surface area contributed by atoms with E-state index in [1.165, 1.54) is 11.9 Å². The Hall–Kier alpha value is -5.08. The largest absolute Gasteiger partial charge is 0.508 e. The average Bonchev–Trinajstić information content (AvgIpc) is 3.55. The minimum Gasteiger partial charge on any atom is -0.508 e. The summed E-state index contributed by atoms with van der Waals surface area (Å²) in [4.78, 5) is 30.9. The van der Waals surface area contributed by atoms with Gasteiger partial charge in [-0.1, -0.05) is 26.0 Å². The molecule has 1 aliphatic rings. The van der Waals surface area contributed by atoms with Gasteiger partial charge in [0, 0.05) is 60.9 Å². The summed E-state index contributed by atoms with van der Waals surface area (Å²) in [6, 6.07) is 20.9. The number of nitrogens with one attached hydrogen (secondary N) is 2. The topological polar surface area (TPSA) is 136 Å². The van der Waals surface area contributed by atoms with Crippen LogP contribution >= 0.6 is 11.9 Å². The summed E-state index contributed by atoms with van der Waals surface area (Å²) in [6.45, 7) is 11.1. The van der Waals surface area contributed by atoms with Crippen LogP contribution in [0.2, 0.25) is 0 Å². The Morgan fingerprint density at radius 1 is 1.05 bits per heavy atom. The number of nitrogens with zero attached hydrogens (tertiary/aromatic N) is 3. The standard InChI is InChI=1S/C45H55N5O7S/c1-8-49-39-15-13-31(24-36(39)37(26-45(3,4)27-57-28-51)43(49)35-12-11-17-46-42(35)29(2)54-5)32-20-30(21-33(52)23-32)22-38(44(53)50-19-10-9-18-47-50)48-58-41-16-14-34(55-6)25-40(41)56-7/h11-17,20-21,23-25,28-29,38,47-48,52H,8-10,18-19,22,26-27H2,1-7H3. The Kier molecular flexibility index (Phi) is 14.0. The van der Waals surface area contributed by atoms with Gasteiger partial charge in [0.05, 0.1) is 43.2 Å². The molecule has 6 rings (SSSR count). The van der Waals surface area contributed by atoms with E-state index in [1.54, 1.807) is 44.7 Å². The van der Waals surface area contributed by atoms with Crippen LogP contribution in [0.3, 0.4) is 0 Å². The normalized spacial score (nSPS) is 14.3. The lowest BCUT2D eigenvalue weighted by Gasteiger charge is -2.31. The van der Waals surface area contributed by atoms with Crippen molar-refractivity contribution in [3.05, 3.63) is 89.7 Å². The number of aromatic nitrogens is 2. The molecule has 13 heteroatoms. The zero-order chi connectivity index (χ0) is 41.4. The monoisotopic (exact) mass is 809 g/mol. The first-order valence-electron chi connectivity index (χ1n) is 19.7. The molecular weight excluding hydrogens is 755 g/mol. The lowest BCUT2D eigenvalue weighted by Crippen LogP contribution is -2.54. The van der Waals surface area contributed by atoms with E-state index in [9.17, 15) is 14.7 Å². The number of aromatic hydroxyl groups is 1. The van der Waals surface area contributed by atoms with Gasteiger partial charge < -0.3 is 28.6 Å². The highest BCUT2D eigenvalue weighted by molar-refractivity contribution is 7.97. The summed E-state index contributed by atoms with van der Waals surface area (Å²) in [6.07, 6.45) is 4.40. The van der Waals surface area contributed by atoms with Gasteiger partial charge in [0.2, 0.25) is 0 Å². The first-order chi connectivity index (χ1) is 28.0. The van der Waals surface area contributed by atoms with Crippen molar-refractivity contribution in [2.75, 3.05) is 41.0 Å². The molecule has 0 spiro atoms. The van der Waals surface area contributed by atoms with Gasteiger partial charge in [-0.25, -0.2) is 10.1 Å². The number of benzene rings is 3. The van der Waals surface area contributed by atoms with Crippen molar-refractivity contribution in [3.8, 4) is 39.6 Å². The molecule has 1 amide bonds. The number of amides is 1. The number of hydrazine groups is 1. The third-order valence-electron chi connectivity index (χ3n) is 10.6. The molecule has 2 atom stereocenters. The highest BCUT2D eigenvalue weighted by Crippen LogP contribution is 2.42. The average molecular weight is 810 g/mol. The maximum Gasteiger partial charge on any atom is 0.293 e. The second kappa shape index (κ2) is 19.1. The Balaban J connectivity index is 1.42. The van der Waals surface area contributed by atoms with Gasteiger partial charge in [0.15, 0.2) is 0 Å². The summed E-state index contributed by atoms with van der Waals surface area (Å²) in [5, 5.41) is 13.9. The molecular formula is C45H55N5O7S. The fraction of sp³-hybridized carbons (Fsp3) is 0.400. The van der Waals surface area contributed by atoms with Crippen molar-refractivity contribution in [1.82, 2.24) is 24.7 Å². The van der Waals surface area contributed by atoms with E-state index in [2.05, 4.69) is 59.8 Å². The third-order valence-corrected chi connectivity index (χ3v) is 11.6. The third kappa shape index (κ3) is 9.61. The van der Waals surface area contributed by atoms with Crippen LogP contribution in [0.1, 0.15) is 63.5 Å². The van der Waals surface area contributed by atoms with Crippen molar-refractivity contribution in [1.29, 1.82) is 0 Å². The highest BCUT2D eigenvalue weighted by Gasteiger charge is 2.30. The summed E-state index contributed by atoms with van der Waals surface area (Å²) in [7, 11) is 4.90. The molecule has 2 aromatic heterocycles. The SMILES string of the molecule is CCn1c(-c2cccnc2C(C)OC)c(CC(C)(C)COC=O)c2cc(-c3cc(O)cc(CC(NSc4ccc(OC)cc4OC)C(=O)N4CCCCN4)c3)ccc21. The lowest BCUT2D eigenvalue weighted by molar-refractivity contribution is -0.137. The van der Waals surface area contributed by atoms with Crippen molar-refractivity contribution < 1.29 is 33.6 Å². The highest BCUT2D eigenvalue weighted by atomic mass is 32.2. The summed E-state index contributed by atoms with van der Waals surface area (Å²) < 4.78 is 27.8. The number of methoxy groups -OCH3 is 3. The summed E-state index contributed by atoms with van der Waals surface area (Å²) in [5.41, 5.74) is 10.4. The van der Waals surface area contributed by atoms with Crippen molar-refractivity contribution >= 4 is 35.2 Å². The van der Waals surface area contributed by atoms with Crippen molar-refractivity contribution in [3.63, 3.8) is 0 Å². The number of phenols is 1. The number of hydrogen-bond acceptors (Lipinski definition) is 11. The Labute approximate surface area is 345 Å². The number of carbonyl (C=O) groups excluding carboxylic acids is 2. The van der Waals surface area contributed by atoms with Crippen LogP contribution in [-0.4, -0.2) is 79.1 Å². The van der Waals surface area contributed by atoms with Gasteiger partial charge in [-0.3, -0.25) is 19.6 Å². The van der Waals surface area contributed by atoms with E-state index in [0.717, 1.165) is 74.4 Å². The van der Waals surface area contributed by atoms with E-state index in [0.29, 0.717) is 43.9 Å². The van der Waals surface area contributed by atoms with E-state index >= 15 is 0 Å². The number of ether oxygens (including phenoxy) is 4. The van der Waals surface area contributed by atoms with Crippen LogP contribution in [0.25, 0.3) is 33.3 Å². The van der Waals surface area contributed by atoms with E-state index in [4.69, 9.17) is 23.9 Å². The molecule has 308 valence electrons. The maximum absolute atomic E-state index is 14.1. The molecule has 3 aromatic carbocycles. The molecule has 1 aliphatic heterocycles. The quantitative estimate of drug-likeness (QED) is 0.0589. The molecule has 1 fully saturated rings. The molecule has 58 heavy (non-hydrogen) atoms. The van der Waals surface area contributed by atoms with Gasteiger partial charge >= 0.3 is 0 Å². The number of hydrogen-bond donors (Lipinski definition) is 3. The van der Waals surface area contributed by atoms with E-state index in [-0.39, 0.29) is 24.4 Å². The Morgan fingerprint density at radius 3 is 2.59 bits per heavy atom. The first kappa shape index (κ1) is 42.5. The molecule has 3 heterocycles. The maximum atomic E-state index is 14.1. The molecule has 1 saturated heterocycles. The van der Waals surface area contributed by atoms with Crippen LogP contribution < -0.4 is 19.6 Å². The molecule has 0 saturated carbocycles. The predicted molar refractivity (Wildman–Crippen MR) is 228 cm³/mol. The van der Waals surface area contributed by atoms with E-state index in [1.807, 2.05) is 37.3 Å². The van der Waals surface area contributed by atoms with Crippen LogP contribution in [0, 0.1) is 5.41 Å². The fourth-order valence-electron chi connectivity index (χ4n) is 7.69. The Morgan fingerprint density at radius 2 is 1.88 bits per heavy atom. The zero-order valence-electron chi connectivity index (χ0n) is 34.5. The second-order valence-electron chi connectivity index (χ2n) is 15.4. The molecule has 5 aromatic rings. The minimum atomic E-state index is -0.633. The number of fused-ring (bicyclic) bond motifs is 1. The van der Waals surface area contributed by atoms with Crippen molar-refractivity contribution in [2.45, 2.75) is 77.0 Å². The van der Waals surface area contributed by atoms with Crippen molar-refractivity contribution in [2.24, 2.45) is 5.41 Å². The smallest absolute Gasteiger partial charge is 0.293 e. The first-order valence-corrected chi connectivity index (χ1v) is 20.5. The van der Waals surface area contributed by atoms with Crippen LogP contribution in [0.5, 0.6) is 17.2 Å². The van der Waals surface area contributed by atoms with E-state index < -0.39 is 11.5 Å². The minimum absolute atomic E-state index is 0.0807. The fourth-order valence-corrected chi connectivity index (χ4v) is 8.53.